The molecule has 6 rings (SSSR count). The summed E-state index contributed by atoms with van der Waals surface area (Å²) < 4.78 is 3.56. The summed E-state index contributed by atoms with van der Waals surface area (Å²) >= 11 is 0. The van der Waals surface area contributed by atoms with Gasteiger partial charge in [-0.1, -0.05) is 6.58 Å². The third-order valence-electron chi connectivity index (χ3n) is 7.63. The Balaban J connectivity index is 1.25. The molecule has 0 unspecified atom stereocenters. The number of piperidine rings is 1. The van der Waals surface area contributed by atoms with Crippen LogP contribution in [0.25, 0.3) is 27.8 Å². The van der Waals surface area contributed by atoms with Gasteiger partial charge in [-0.3, -0.25) is 4.68 Å². The molecule has 0 aromatic carbocycles. The first kappa shape index (κ1) is 22.4. The quantitative estimate of drug-likeness (QED) is 0.420. The molecule has 0 amide bonds. The summed E-state index contributed by atoms with van der Waals surface area (Å²) in [7, 11) is 1.90. The minimum Gasteiger partial charge on any atom is -0.375 e. The van der Waals surface area contributed by atoms with Gasteiger partial charge in [0.2, 0.25) is 0 Å². The van der Waals surface area contributed by atoms with E-state index < -0.39 is 0 Å². The third-order valence-corrected chi connectivity index (χ3v) is 7.63. The topological polar surface area (TPSA) is 78.3 Å². The van der Waals surface area contributed by atoms with Gasteiger partial charge in [0.1, 0.15) is 11.9 Å². The van der Waals surface area contributed by atoms with E-state index in [1.165, 1.54) is 31.6 Å². The lowest BCUT2D eigenvalue weighted by Crippen LogP contribution is -2.37. The summed E-state index contributed by atoms with van der Waals surface area (Å²) in [5, 5.41) is 18.4. The fraction of sp³-hybridized carbons (Fsp3) is 0.357. The number of nitriles is 1. The van der Waals surface area contributed by atoms with Crippen molar-refractivity contribution in [1.82, 2.24) is 29.3 Å². The predicted octanol–water partition coefficient (Wildman–Crippen LogP) is 4.49. The lowest BCUT2D eigenvalue weighted by molar-refractivity contribution is 0.326. The average Bonchev–Trinajstić information content (AvgIpc) is 3.69. The van der Waals surface area contributed by atoms with Gasteiger partial charge in [-0.05, 0) is 43.9 Å². The Labute approximate surface area is 211 Å². The molecule has 0 radical (unpaired) electrons. The van der Waals surface area contributed by atoms with Crippen LogP contribution in [0.3, 0.4) is 0 Å². The highest BCUT2D eigenvalue weighted by atomic mass is 15.2. The number of fused-ring (bicyclic) bond motifs is 1. The fourth-order valence-corrected chi connectivity index (χ4v) is 5.59. The van der Waals surface area contributed by atoms with Crippen molar-refractivity contribution in [2.75, 3.05) is 31.1 Å². The minimum atomic E-state index is 0.548. The Morgan fingerprint density at radius 2 is 1.78 bits per heavy atom. The van der Waals surface area contributed by atoms with Crippen LogP contribution in [0.15, 0.2) is 61.5 Å². The average molecular weight is 479 g/mol. The maximum atomic E-state index is 9.68. The van der Waals surface area contributed by atoms with Crippen LogP contribution in [0.2, 0.25) is 0 Å². The first-order valence-corrected chi connectivity index (χ1v) is 12.7. The van der Waals surface area contributed by atoms with Crippen LogP contribution in [0.1, 0.15) is 31.2 Å². The summed E-state index contributed by atoms with van der Waals surface area (Å²) in [6.45, 7) is 8.75. The van der Waals surface area contributed by atoms with Crippen LogP contribution in [0.5, 0.6) is 0 Å². The first-order valence-electron chi connectivity index (χ1n) is 12.7. The summed E-state index contributed by atoms with van der Waals surface area (Å²) in [6, 6.07) is 8.58. The zero-order chi connectivity index (χ0) is 24.6. The molecular weight excluding hydrogens is 448 g/mol. The molecule has 8 heteroatoms. The monoisotopic (exact) mass is 478 g/mol. The van der Waals surface area contributed by atoms with Gasteiger partial charge in [-0.25, -0.2) is 9.50 Å². The van der Waals surface area contributed by atoms with E-state index in [2.05, 4.69) is 50.8 Å². The van der Waals surface area contributed by atoms with Gasteiger partial charge in [0.15, 0.2) is 0 Å². The Hall–Kier alpha value is -4.12. The molecule has 2 fully saturated rings. The van der Waals surface area contributed by atoms with Gasteiger partial charge in [-0.2, -0.15) is 15.5 Å². The van der Waals surface area contributed by atoms with Crippen LogP contribution >= 0.6 is 0 Å². The van der Waals surface area contributed by atoms with E-state index in [1.807, 2.05) is 31.8 Å². The van der Waals surface area contributed by atoms with Crippen molar-refractivity contribution in [3.8, 4) is 28.3 Å². The van der Waals surface area contributed by atoms with Gasteiger partial charge in [-0.15, -0.1) is 0 Å². The second-order valence-electron chi connectivity index (χ2n) is 9.86. The van der Waals surface area contributed by atoms with Crippen molar-refractivity contribution < 1.29 is 0 Å². The highest BCUT2D eigenvalue weighted by molar-refractivity contribution is 5.87. The normalized spacial score (nSPS) is 16.6. The molecular formula is C28H30N8. The van der Waals surface area contributed by atoms with Crippen LogP contribution in [-0.2, 0) is 7.05 Å². The Bertz CT molecular complexity index is 1440. The molecule has 2 aliphatic heterocycles. The first-order chi connectivity index (χ1) is 17.6. The summed E-state index contributed by atoms with van der Waals surface area (Å²) in [5.41, 5.74) is 6.56. The highest BCUT2D eigenvalue weighted by Gasteiger charge is 2.26. The molecule has 182 valence electrons. The van der Waals surface area contributed by atoms with Gasteiger partial charge in [0.25, 0.3) is 0 Å². The number of nitrogens with zero attached hydrogens (tertiary/aromatic N) is 8. The standard InChI is InChI=1S/C28H30N8/c1-20(34-9-3-4-10-34)21-7-11-35(12-8-21)27-6-5-22(15-30-27)26-13-23(25-17-31-33(2)18-25)19-36-28(26)24(14-29)16-32-36/h5-6,13,15-19,21H,1,3-4,7-12H2,2H3. The second kappa shape index (κ2) is 9.15. The maximum absolute atomic E-state index is 9.68. The van der Waals surface area contributed by atoms with Gasteiger partial charge >= 0.3 is 0 Å². The number of hydrogen-bond acceptors (Lipinski definition) is 6. The number of anilines is 1. The third kappa shape index (κ3) is 4.01. The van der Waals surface area contributed by atoms with Crippen molar-refractivity contribution in [3.63, 3.8) is 0 Å². The van der Waals surface area contributed by atoms with Gasteiger partial charge in [0, 0.05) is 85.7 Å². The molecule has 0 spiro atoms. The molecule has 4 aromatic rings. The van der Waals surface area contributed by atoms with E-state index in [4.69, 9.17) is 4.98 Å². The Morgan fingerprint density at radius 3 is 2.44 bits per heavy atom. The van der Waals surface area contributed by atoms with Crippen molar-refractivity contribution in [2.24, 2.45) is 13.0 Å². The van der Waals surface area contributed by atoms with E-state index in [0.29, 0.717) is 11.5 Å². The van der Waals surface area contributed by atoms with Crippen LogP contribution < -0.4 is 4.90 Å². The van der Waals surface area contributed by atoms with Crippen molar-refractivity contribution in [3.05, 3.63) is 67.0 Å². The zero-order valence-electron chi connectivity index (χ0n) is 20.6. The van der Waals surface area contributed by atoms with Gasteiger partial charge in [0.05, 0.1) is 23.5 Å². The Kier molecular flexibility index (Phi) is 5.68. The summed E-state index contributed by atoms with van der Waals surface area (Å²) in [6.07, 6.45) is 14.1. The van der Waals surface area contributed by atoms with Crippen LogP contribution in [0.4, 0.5) is 5.82 Å². The molecule has 36 heavy (non-hydrogen) atoms. The van der Waals surface area contributed by atoms with Gasteiger partial charge < -0.3 is 9.80 Å². The number of hydrogen-bond donors (Lipinski definition) is 0. The van der Waals surface area contributed by atoms with E-state index >= 15 is 0 Å². The highest BCUT2D eigenvalue weighted by Crippen LogP contribution is 2.34. The Morgan fingerprint density at radius 1 is 0.972 bits per heavy atom. The SMILES string of the molecule is C=C(C1CCN(c2ccc(-c3cc(-c4cnn(C)c4)cn4ncc(C#N)c34)cn2)CC1)N1CCCC1. The minimum absolute atomic E-state index is 0.548. The molecule has 2 saturated heterocycles. The molecule has 2 aliphatic rings. The summed E-state index contributed by atoms with van der Waals surface area (Å²) in [4.78, 5) is 9.70. The molecule has 0 bridgehead atoms. The molecule has 0 N–H and O–H groups in total. The lowest BCUT2D eigenvalue weighted by atomic mass is 9.93. The number of aromatic nitrogens is 5. The van der Waals surface area contributed by atoms with Crippen molar-refractivity contribution >= 4 is 11.3 Å². The molecule has 4 aromatic heterocycles. The van der Waals surface area contributed by atoms with E-state index in [9.17, 15) is 5.26 Å². The van der Waals surface area contributed by atoms with Crippen molar-refractivity contribution in [1.29, 1.82) is 5.26 Å². The predicted molar refractivity (Wildman–Crippen MR) is 140 cm³/mol. The number of likely N-dealkylation sites (tertiary alicyclic amines) is 1. The maximum Gasteiger partial charge on any atom is 0.128 e. The molecule has 0 aliphatic carbocycles. The number of rotatable bonds is 5. The van der Waals surface area contributed by atoms with Crippen LogP contribution in [-0.4, -0.2) is 55.5 Å². The molecule has 0 saturated carbocycles. The van der Waals surface area contributed by atoms with Crippen LogP contribution in [0, 0.1) is 17.2 Å². The van der Waals surface area contributed by atoms with E-state index in [0.717, 1.165) is 59.5 Å². The second-order valence-corrected chi connectivity index (χ2v) is 9.86. The smallest absolute Gasteiger partial charge is 0.128 e. The number of allylic oxidation sites excluding steroid dienone is 1. The largest absolute Gasteiger partial charge is 0.375 e. The number of aryl methyl sites for hydroxylation is 1. The van der Waals surface area contributed by atoms with E-state index in [1.54, 1.807) is 15.4 Å². The zero-order valence-corrected chi connectivity index (χ0v) is 20.6. The molecule has 8 nitrogen and oxygen atoms in total. The fourth-order valence-electron chi connectivity index (χ4n) is 5.59. The molecule has 6 heterocycles. The van der Waals surface area contributed by atoms with Crippen molar-refractivity contribution in [2.45, 2.75) is 25.7 Å². The van der Waals surface area contributed by atoms with E-state index in [-0.39, 0.29) is 0 Å². The number of pyridine rings is 2. The lowest BCUT2D eigenvalue weighted by Gasteiger charge is -2.36. The molecule has 0 atom stereocenters. The summed E-state index contributed by atoms with van der Waals surface area (Å²) in [5.74, 6) is 1.57.